The van der Waals surface area contributed by atoms with Gasteiger partial charge >= 0.3 is 5.69 Å². The van der Waals surface area contributed by atoms with E-state index in [0.29, 0.717) is 6.07 Å². The highest BCUT2D eigenvalue weighted by molar-refractivity contribution is 7.93. The molecule has 0 fully saturated rings. The van der Waals surface area contributed by atoms with Gasteiger partial charge in [-0.1, -0.05) is 11.3 Å². The van der Waals surface area contributed by atoms with E-state index in [1.54, 1.807) is 0 Å². The number of benzene rings is 2. The minimum atomic E-state index is -4.24. The number of ether oxygens (including phenoxy) is 1. The Morgan fingerprint density at radius 3 is 2.65 bits per heavy atom. The van der Waals surface area contributed by atoms with Crippen molar-refractivity contribution in [1.82, 2.24) is 4.98 Å². The average Bonchev–Trinajstić information content (AvgIpc) is 2.95. The van der Waals surface area contributed by atoms with Crippen molar-refractivity contribution in [3.05, 3.63) is 52.1 Å². The summed E-state index contributed by atoms with van der Waals surface area (Å²) in [7, 11) is -3.03. The molecule has 1 N–H and O–H groups in total. The molecule has 26 heavy (non-hydrogen) atoms. The second-order valence-electron chi connectivity index (χ2n) is 4.95. The van der Waals surface area contributed by atoms with E-state index in [2.05, 4.69) is 9.71 Å². The van der Waals surface area contributed by atoms with Gasteiger partial charge in [-0.25, -0.2) is 22.2 Å². The van der Waals surface area contributed by atoms with Crippen molar-refractivity contribution in [3.8, 4) is 5.75 Å². The number of halogens is 2. The number of fused-ring (bicyclic) bond motifs is 1. The third-order valence-corrected chi connectivity index (χ3v) is 5.68. The number of nitro groups is 1. The van der Waals surface area contributed by atoms with Crippen molar-refractivity contribution in [2.24, 2.45) is 0 Å². The number of methoxy groups -OCH3 is 1. The second kappa shape index (κ2) is 6.46. The minimum Gasteiger partial charge on any atom is -0.490 e. The molecule has 0 saturated heterocycles. The number of hydrogen-bond donors (Lipinski definition) is 1. The van der Waals surface area contributed by atoms with Crippen molar-refractivity contribution >= 4 is 42.4 Å². The minimum absolute atomic E-state index is 0.105. The van der Waals surface area contributed by atoms with Gasteiger partial charge in [0, 0.05) is 12.1 Å². The Labute approximate surface area is 149 Å². The van der Waals surface area contributed by atoms with E-state index < -0.39 is 37.2 Å². The Hall–Kier alpha value is -2.86. The molecule has 0 atom stereocenters. The van der Waals surface area contributed by atoms with Gasteiger partial charge in [0.05, 0.1) is 21.6 Å². The Morgan fingerprint density at radius 2 is 2.00 bits per heavy atom. The molecule has 0 amide bonds. The zero-order valence-electron chi connectivity index (χ0n) is 12.9. The van der Waals surface area contributed by atoms with Crippen molar-refractivity contribution in [3.63, 3.8) is 0 Å². The number of anilines is 1. The molecule has 136 valence electrons. The number of nitrogens with zero attached hydrogens (tertiary/aromatic N) is 2. The predicted octanol–water partition coefficient (Wildman–Crippen LogP) is 3.29. The van der Waals surface area contributed by atoms with Crippen LogP contribution in [0, 0.1) is 21.7 Å². The summed E-state index contributed by atoms with van der Waals surface area (Å²) in [5.41, 5.74) is -0.720. The smallest absolute Gasteiger partial charge is 0.312 e. The van der Waals surface area contributed by atoms with Crippen LogP contribution >= 0.6 is 11.3 Å². The number of nitro benzene ring substituents is 1. The maximum absolute atomic E-state index is 13.7. The summed E-state index contributed by atoms with van der Waals surface area (Å²) in [5.74, 6) is -1.85. The molecule has 2 aromatic carbocycles. The normalized spacial score (nSPS) is 11.5. The maximum Gasteiger partial charge on any atom is 0.312 e. The van der Waals surface area contributed by atoms with Crippen molar-refractivity contribution in [1.29, 1.82) is 0 Å². The van der Waals surface area contributed by atoms with Gasteiger partial charge in [-0.3, -0.25) is 14.8 Å². The molecular weight excluding hydrogens is 392 g/mol. The lowest BCUT2D eigenvalue weighted by atomic mass is 10.3. The highest BCUT2D eigenvalue weighted by Gasteiger charge is 2.23. The first-order valence-corrected chi connectivity index (χ1v) is 9.12. The van der Waals surface area contributed by atoms with Crippen LogP contribution in [0.2, 0.25) is 0 Å². The third-order valence-electron chi connectivity index (χ3n) is 3.29. The van der Waals surface area contributed by atoms with Crippen LogP contribution in [0.5, 0.6) is 5.75 Å². The van der Waals surface area contributed by atoms with Crippen LogP contribution in [0.4, 0.5) is 19.6 Å². The number of hydrogen-bond acceptors (Lipinski definition) is 7. The molecule has 12 heteroatoms. The molecule has 3 rings (SSSR count). The van der Waals surface area contributed by atoms with E-state index in [-0.39, 0.29) is 21.1 Å². The van der Waals surface area contributed by atoms with Crippen LogP contribution in [0.3, 0.4) is 0 Å². The Morgan fingerprint density at radius 1 is 1.27 bits per heavy atom. The largest absolute Gasteiger partial charge is 0.490 e. The molecule has 0 spiro atoms. The van der Waals surface area contributed by atoms with Crippen molar-refractivity contribution < 1.29 is 26.9 Å². The molecule has 0 aliphatic rings. The number of nitrogens with one attached hydrogen (secondary N) is 1. The van der Waals surface area contributed by atoms with Crippen LogP contribution in [-0.4, -0.2) is 25.4 Å². The maximum atomic E-state index is 13.7. The van der Waals surface area contributed by atoms with Gasteiger partial charge in [0.15, 0.2) is 16.7 Å². The lowest BCUT2D eigenvalue weighted by Gasteiger charge is -2.07. The molecule has 0 unspecified atom stereocenters. The number of thiazole rings is 1. The van der Waals surface area contributed by atoms with Gasteiger partial charge in [0.2, 0.25) is 0 Å². The predicted molar refractivity (Wildman–Crippen MR) is 90.0 cm³/mol. The average molecular weight is 401 g/mol. The van der Waals surface area contributed by atoms with Crippen LogP contribution < -0.4 is 9.46 Å². The van der Waals surface area contributed by atoms with Gasteiger partial charge in [0.25, 0.3) is 10.0 Å². The first-order valence-electron chi connectivity index (χ1n) is 6.82. The Bertz CT molecular complexity index is 1130. The van der Waals surface area contributed by atoms with Crippen LogP contribution in [0.1, 0.15) is 0 Å². The summed E-state index contributed by atoms with van der Waals surface area (Å²) in [6.45, 7) is 0. The lowest BCUT2D eigenvalue weighted by Crippen LogP contribution is -2.13. The van der Waals surface area contributed by atoms with Gasteiger partial charge in [-0.15, -0.1) is 0 Å². The van der Waals surface area contributed by atoms with E-state index in [1.807, 2.05) is 0 Å². The molecule has 1 heterocycles. The van der Waals surface area contributed by atoms with Crippen molar-refractivity contribution in [2.75, 3.05) is 11.8 Å². The highest BCUT2D eigenvalue weighted by Crippen LogP contribution is 2.32. The Balaban J connectivity index is 2.00. The van der Waals surface area contributed by atoms with Gasteiger partial charge in [-0.2, -0.15) is 0 Å². The third kappa shape index (κ3) is 3.28. The Kier molecular flexibility index (Phi) is 4.46. The van der Waals surface area contributed by atoms with Gasteiger partial charge in [0.1, 0.15) is 11.3 Å². The number of aromatic nitrogens is 1. The first kappa shape index (κ1) is 17.9. The second-order valence-corrected chi connectivity index (χ2v) is 7.66. The van der Waals surface area contributed by atoms with Gasteiger partial charge < -0.3 is 4.74 Å². The standard InChI is InChI=1S/C14H9F2N3O5S2/c1-24-11-3-2-8(6-10(11)19(20)21)26(22,23)18-14-17-13-9(16)4-7(15)5-12(13)25-14/h2-6H,1H3,(H,17,18). The molecule has 8 nitrogen and oxygen atoms in total. The molecule has 0 aliphatic heterocycles. The van der Waals surface area contributed by atoms with E-state index in [1.165, 1.54) is 7.11 Å². The first-order chi connectivity index (χ1) is 12.2. The highest BCUT2D eigenvalue weighted by atomic mass is 32.2. The fourth-order valence-corrected chi connectivity index (χ4v) is 4.31. The monoisotopic (exact) mass is 401 g/mol. The van der Waals surface area contributed by atoms with Crippen LogP contribution in [-0.2, 0) is 10.0 Å². The fraction of sp³-hybridized carbons (Fsp3) is 0.0714. The summed E-state index contributed by atoms with van der Waals surface area (Å²) in [5, 5.41) is 10.8. The molecule has 3 aromatic rings. The summed E-state index contributed by atoms with van der Waals surface area (Å²) < 4.78 is 58.8. The fourth-order valence-electron chi connectivity index (χ4n) is 2.15. The van der Waals surface area contributed by atoms with E-state index >= 15 is 0 Å². The van der Waals surface area contributed by atoms with Crippen molar-refractivity contribution in [2.45, 2.75) is 4.90 Å². The number of rotatable bonds is 5. The van der Waals surface area contributed by atoms with Gasteiger partial charge in [-0.05, 0) is 18.2 Å². The van der Waals surface area contributed by atoms with E-state index in [9.17, 15) is 27.3 Å². The van der Waals surface area contributed by atoms with Crippen LogP contribution in [0.15, 0.2) is 35.2 Å². The molecule has 0 aliphatic carbocycles. The SMILES string of the molecule is COc1ccc(S(=O)(=O)Nc2nc3c(F)cc(F)cc3s2)cc1[N+](=O)[O-]. The molecule has 0 bridgehead atoms. The van der Waals surface area contributed by atoms with Crippen LogP contribution in [0.25, 0.3) is 10.2 Å². The van der Waals surface area contributed by atoms with E-state index in [4.69, 9.17) is 4.74 Å². The summed E-state index contributed by atoms with van der Waals surface area (Å²) in [4.78, 5) is 13.6. The molecular formula is C14H9F2N3O5S2. The quantitative estimate of drug-likeness (QED) is 0.519. The topological polar surface area (TPSA) is 111 Å². The summed E-state index contributed by atoms with van der Waals surface area (Å²) >= 11 is 0.725. The molecule has 0 saturated carbocycles. The van der Waals surface area contributed by atoms with E-state index in [0.717, 1.165) is 35.6 Å². The molecule has 1 aromatic heterocycles. The number of sulfonamides is 1. The molecule has 0 radical (unpaired) electrons. The summed E-state index contributed by atoms with van der Waals surface area (Å²) in [6, 6.07) is 4.73. The zero-order chi connectivity index (χ0) is 19.1. The summed E-state index contributed by atoms with van der Waals surface area (Å²) in [6.07, 6.45) is 0. The zero-order valence-corrected chi connectivity index (χ0v) is 14.5. The lowest BCUT2D eigenvalue weighted by molar-refractivity contribution is -0.386.